The lowest BCUT2D eigenvalue weighted by atomic mass is 9.92. The molecule has 0 radical (unpaired) electrons. The second-order valence-electron chi connectivity index (χ2n) is 5.47. The van der Waals surface area contributed by atoms with E-state index in [9.17, 15) is 19.8 Å². The first-order valence-corrected chi connectivity index (χ1v) is 7.88. The van der Waals surface area contributed by atoms with E-state index in [0.717, 1.165) is 0 Å². The van der Waals surface area contributed by atoms with Crippen molar-refractivity contribution in [3.8, 4) is 12.1 Å². The first-order valence-electron chi connectivity index (χ1n) is 7.00. The number of amides is 1. The molecule has 1 saturated heterocycles. The third kappa shape index (κ3) is 2.91. The van der Waals surface area contributed by atoms with Crippen molar-refractivity contribution in [2.45, 2.75) is 31.4 Å². The van der Waals surface area contributed by atoms with Crippen LogP contribution < -0.4 is 5.32 Å². The van der Waals surface area contributed by atoms with Crippen LogP contribution in [0.25, 0.3) is 0 Å². The Kier molecular flexibility index (Phi) is 4.95. The van der Waals surface area contributed by atoms with Gasteiger partial charge in [0.25, 0.3) is 0 Å². The summed E-state index contributed by atoms with van der Waals surface area (Å²) in [5.41, 5.74) is -0.0907. The number of fused-ring (bicyclic) bond motifs is 1. The molecule has 2 heterocycles. The van der Waals surface area contributed by atoms with Crippen molar-refractivity contribution < 1.29 is 19.8 Å². The highest BCUT2D eigenvalue weighted by Gasteiger charge is 2.57. The van der Waals surface area contributed by atoms with Gasteiger partial charge in [-0.25, -0.2) is 4.79 Å². The smallest absolute Gasteiger partial charge is 0.353 e. The second kappa shape index (κ2) is 6.59. The average molecular weight is 336 g/mol. The molecule has 0 aromatic carbocycles. The number of aliphatic carboxylic acids is 1. The number of β-lactam (4-membered cyclic amide) rings is 1. The summed E-state index contributed by atoms with van der Waals surface area (Å²) in [4.78, 5) is 25.1. The molecular weight excluding hydrogens is 320 g/mol. The van der Waals surface area contributed by atoms with E-state index in [4.69, 9.17) is 10.5 Å². The van der Waals surface area contributed by atoms with Gasteiger partial charge in [-0.2, -0.15) is 10.5 Å². The summed E-state index contributed by atoms with van der Waals surface area (Å²) in [6.45, 7) is 3.31. The zero-order valence-electron chi connectivity index (χ0n) is 12.6. The Hall–Kier alpha value is -2.07. The molecule has 1 amide bonds. The van der Waals surface area contributed by atoms with Gasteiger partial charge in [0.15, 0.2) is 0 Å². The van der Waals surface area contributed by atoms with Crippen LogP contribution in [0, 0.1) is 34.5 Å². The molecule has 1 fully saturated rings. The van der Waals surface area contributed by atoms with E-state index in [-0.39, 0.29) is 12.2 Å². The number of hydrogen-bond acceptors (Lipinski definition) is 7. The molecule has 0 saturated carbocycles. The van der Waals surface area contributed by atoms with Crippen molar-refractivity contribution >= 4 is 23.6 Å². The maximum atomic E-state index is 12.0. The maximum absolute atomic E-state index is 12.0. The van der Waals surface area contributed by atoms with Crippen molar-refractivity contribution in [3.63, 3.8) is 0 Å². The molecule has 2 rings (SSSR count). The molecule has 8 nitrogen and oxygen atoms in total. The van der Waals surface area contributed by atoms with Crippen LogP contribution in [0.2, 0.25) is 0 Å². The molecule has 0 aromatic heterocycles. The van der Waals surface area contributed by atoms with E-state index in [1.165, 1.54) is 23.6 Å². The van der Waals surface area contributed by atoms with E-state index in [0.29, 0.717) is 4.91 Å². The number of carbonyl (C=O) groups excluding carboxylic acids is 1. The number of carboxylic acid groups (broad SMARTS) is 1. The summed E-state index contributed by atoms with van der Waals surface area (Å²) in [6.07, 6.45) is -0.848. The first kappa shape index (κ1) is 17.3. The van der Waals surface area contributed by atoms with E-state index < -0.39 is 41.2 Å². The number of aliphatic hydroxyl groups excluding tert-OH is 1. The zero-order valence-corrected chi connectivity index (χ0v) is 13.4. The molecule has 9 heteroatoms. The highest BCUT2D eigenvalue weighted by molar-refractivity contribution is 8.04. The molecule has 0 aromatic rings. The Morgan fingerprint density at radius 2 is 2.04 bits per heavy atom. The SMILES string of the molecule is CC(NCC1=C(C(=O)O)N2C(=O)[C@H]([C@@H](C)O)[C@H]2S1)C(C#N)C#N. The number of nitrogens with one attached hydrogen (secondary N) is 1. The van der Waals surface area contributed by atoms with Crippen LogP contribution in [-0.4, -0.2) is 51.1 Å². The number of thioether (sulfide) groups is 1. The van der Waals surface area contributed by atoms with Crippen molar-refractivity contribution in [2.24, 2.45) is 11.8 Å². The van der Waals surface area contributed by atoms with Crippen LogP contribution >= 0.6 is 11.8 Å². The lowest BCUT2D eigenvalue weighted by Gasteiger charge is -2.43. The van der Waals surface area contributed by atoms with Crippen LogP contribution in [0.1, 0.15) is 13.8 Å². The van der Waals surface area contributed by atoms with Gasteiger partial charge in [0.05, 0.1) is 24.2 Å². The van der Waals surface area contributed by atoms with E-state index in [1.807, 2.05) is 12.1 Å². The number of nitrogens with zero attached hydrogens (tertiary/aromatic N) is 3. The van der Waals surface area contributed by atoms with Gasteiger partial charge < -0.3 is 15.5 Å². The number of carbonyl (C=O) groups is 2. The van der Waals surface area contributed by atoms with Gasteiger partial charge in [0.2, 0.25) is 5.91 Å². The van der Waals surface area contributed by atoms with Crippen LogP contribution in [0.3, 0.4) is 0 Å². The van der Waals surface area contributed by atoms with Gasteiger partial charge in [0, 0.05) is 17.5 Å². The normalized spacial score (nSPS) is 25.5. The molecule has 3 N–H and O–H groups in total. The van der Waals surface area contributed by atoms with Crippen LogP contribution in [0.15, 0.2) is 10.6 Å². The van der Waals surface area contributed by atoms with E-state index in [1.54, 1.807) is 6.92 Å². The second-order valence-corrected chi connectivity index (χ2v) is 6.68. The average Bonchev–Trinajstić information content (AvgIpc) is 2.80. The molecule has 0 aliphatic carbocycles. The molecule has 1 unspecified atom stereocenters. The quantitative estimate of drug-likeness (QED) is 0.569. The van der Waals surface area contributed by atoms with Gasteiger partial charge in [-0.1, -0.05) is 0 Å². The Bertz CT molecular complexity index is 634. The molecule has 0 bridgehead atoms. The van der Waals surface area contributed by atoms with Gasteiger partial charge in [-0.3, -0.25) is 9.69 Å². The first-order chi connectivity index (χ1) is 10.8. The fourth-order valence-corrected chi connectivity index (χ4v) is 4.16. The fourth-order valence-electron chi connectivity index (χ4n) is 2.60. The van der Waals surface area contributed by atoms with Crippen molar-refractivity contribution in [1.82, 2.24) is 10.2 Å². The number of rotatable bonds is 6. The van der Waals surface area contributed by atoms with Crippen molar-refractivity contribution in [2.75, 3.05) is 6.54 Å². The zero-order chi connectivity index (χ0) is 17.3. The fraction of sp³-hybridized carbons (Fsp3) is 0.571. The predicted octanol–water partition coefficient (Wildman–Crippen LogP) is -0.164. The lowest BCUT2D eigenvalue weighted by molar-refractivity contribution is -0.156. The van der Waals surface area contributed by atoms with Gasteiger partial charge in [-0.05, 0) is 13.8 Å². The number of hydrogen-bond donors (Lipinski definition) is 3. The molecule has 2 aliphatic rings. The number of aliphatic hydroxyl groups is 1. The number of nitriles is 2. The Balaban J connectivity index is 2.13. The standard InChI is InChI=1S/C14H16N4O4S/c1-6(8(3-15)4-16)17-5-9-11(14(21)22)18-12(20)10(7(2)19)13(18)23-9/h6-8,10,13,17,19H,5H2,1-2H3,(H,21,22)/t6?,7-,10+,13-/m1/s1. The Morgan fingerprint density at radius 1 is 1.43 bits per heavy atom. The highest BCUT2D eigenvalue weighted by atomic mass is 32.2. The monoisotopic (exact) mass is 336 g/mol. The van der Waals surface area contributed by atoms with Crippen LogP contribution in [-0.2, 0) is 9.59 Å². The minimum absolute atomic E-state index is 0.0907. The molecule has 122 valence electrons. The van der Waals surface area contributed by atoms with Crippen LogP contribution in [0.4, 0.5) is 0 Å². The van der Waals surface area contributed by atoms with Gasteiger partial charge in [-0.15, -0.1) is 11.8 Å². The topological polar surface area (TPSA) is 137 Å². The minimum atomic E-state index is -1.21. The third-order valence-corrected chi connectivity index (χ3v) is 5.31. The molecule has 2 aliphatic heterocycles. The lowest BCUT2D eigenvalue weighted by Crippen LogP contribution is -2.60. The molecular formula is C14H16N4O4S. The molecule has 0 spiro atoms. The van der Waals surface area contributed by atoms with Gasteiger partial charge >= 0.3 is 5.97 Å². The molecule has 4 atom stereocenters. The van der Waals surface area contributed by atoms with E-state index in [2.05, 4.69) is 5.32 Å². The largest absolute Gasteiger partial charge is 0.477 e. The Morgan fingerprint density at radius 3 is 2.52 bits per heavy atom. The molecule has 23 heavy (non-hydrogen) atoms. The maximum Gasteiger partial charge on any atom is 0.353 e. The highest BCUT2D eigenvalue weighted by Crippen LogP contribution is 2.50. The minimum Gasteiger partial charge on any atom is -0.477 e. The summed E-state index contributed by atoms with van der Waals surface area (Å²) in [6, 6.07) is 3.28. The summed E-state index contributed by atoms with van der Waals surface area (Å²) in [5, 5.41) is 39.2. The van der Waals surface area contributed by atoms with Crippen molar-refractivity contribution in [3.05, 3.63) is 10.6 Å². The summed E-state index contributed by atoms with van der Waals surface area (Å²) >= 11 is 1.22. The predicted molar refractivity (Wildman–Crippen MR) is 80.2 cm³/mol. The third-order valence-electron chi connectivity index (χ3n) is 3.94. The summed E-state index contributed by atoms with van der Waals surface area (Å²) in [5.74, 6) is -3.07. The van der Waals surface area contributed by atoms with Gasteiger partial charge in [0.1, 0.15) is 17.0 Å². The van der Waals surface area contributed by atoms with Crippen molar-refractivity contribution in [1.29, 1.82) is 10.5 Å². The summed E-state index contributed by atoms with van der Waals surface area (Å²) in [7, 11) is 0. The number of carboxylic acids is 1. The Labute approximate surface area is 137 Å². The van der Waals surface area contributed by atoms with Crippen LogP contribution in [0.5, 0.6) is 0 Å². The summed E-state index contributed by atoms with van der Waals surface area (Å²) < 4.78 is 0. The van der Waals surface area contributed by atoms with E-state index >= 15 is 0 Å².